The predicted octanol–water partition coefficient (Wildman–Crippen LogP) is -1.73. The highest BCUT2D eigenvalue weighted by molar-refractivity contribution is 5.82. The van der Waals surface area contributed by atoms with Gasteiger partial charge >= 0.3 is 0 Å². The van der Waals surface area contributed by atoms with Gasteiger partial charge in [-0.25, -0.2) is 15.0 Å². The zero-order valence-electron chi connectivity index (χ0n) is 14.3. The van der Waals surface area contributed by atoms with Gasteiger partial charge in [-0.05, 0) is 6.42 Å². The molecule has 5 atom stereocenters. The number of imidazole rings is 1. The number of carbonyl (C=O) groups is 1. The van der Waals surface area contributed by atoms with E-state index in [2.05, 4.69) is 20.3 Å². The molecule has 1 amide bonds. The van der Waals surface area contributed by atoms with Crippen LogP contribution in [0, 0.1) is 0 Å². The van der Waals surface area contributed by atoms with Gasteiger partial charge in [0.05, 0.1) is 19.0 Å². The van der Waals surface area contributed by atoms with Crippen LogP contribution in [0.5, 0.6) is 0 Å². The van der Waals surface area contributed by atoms with Crippen molar-refractivity contribution in [2.75, 3.05) is 12.3 Å². The number of hydrogen-bond donors (Lipinski definition) is 5. The van der Waals surface area contributed by atoms with Gasteiger partial charge in [0, 0.05) is 0 Å². The first kappa shape index (κ1) is 18.5. The summed E-state index contributed by atoms with van der Waals surface area (Å²) >= 11 is 0. The van der Waals surface area contributed by atoms with E-state index in [0.717, 1.165) is 6.42 Å². The van der Waals surface area contributed by atoms with E-state index in [1.807, 2.05) is 6.92 Å². The summed E-state index contributed by atoms with van der Waals surface area (Å²) in [5, 5.41) is 22.7. The van der Waals surface area contributed by atoms with Crippen molar-refractivity contribution >= 4 is 22.9 Å². The second-order valence-corrected chi connectivity index (χ2v) is 6.25. The van der Waals surface area contributed by atoms with Gasteiger partial charge in [-0.1, -0.05) is 13.3 Å². The number of nitrogen functional groups attached to an aromatic ring is 1. The number of ether oxygens (including phenoxy) is 1. The highest BCUT2D eigenvalue weighted by Gasteiger charge is 2.46. The number of fused-ring (bicyclic) bond motifs is 1. The number of nitrogens with two attached hydrogens (primary N) is 2. The molecule has 0 spiro atoms. The number of carbonyl (C=O) groups excluding carboxylic acids is 1. The summed E-state index contributed by atoms with van der Waals surface area (Å²) in [4.78, 5) is 24.5. The van der Waals surface area contributed by atoms with E-state index in [9.17, 15) is 15.0 Å². The smallest absolute Gasteiger partial charge is 0.237 e. The molecule has 1 aliphatic rings. The number of hydrogen-bond acceptors (Lipinski definition) is 9. The zero-order chi connectivity index (χ0) is 18.8. The molecule has 2 aromatic heterocycles. The van der Waals surface area contributed by atoms with Crippen LogP contribution in [0.1, 0.15) is 26.0 Å². The minimum atomic E-state index is -1.13. The number of rotatable bonds is 6. The third-order valence-corrected chi connectivity index (χ3v) is 4.46. The van der Waals surface area contributed by atoms with Crippen LogP contribution >= 0.6 is 0 Å². The number of aliphatic hydroxyl groups excluding tert-OH is 2. The third kappa shape index (κ3) is 3.21. The van der Waals surface area contributed by atoms with Crippen LogP contribution < -0.4 is 16.8 Å². The molecule has 0 aliphatic carbocycles. The van der Waals surface area contributed by atoms with Crippen LogP contribution in [0.25, 0.3) is 11.2 Å². The molecule has 0 bridgehead atoms. The summed E-state index contributed by atoms with van der Waals surface area (Å²) in [5.41, 5.74) is 12.4. The Balaban J connectivity index is 1.92. The third-order valence-electron chi connectivity index (χ3n) is 4.46. The standard InChI is InChI=1S/C15H23N7O4/c1-2-3-7(16)14(25)21-9-11(24)8(4-23)26-15(9)22-6-20-10-12(17)18-5-19-13(10)22/h5-9,11,15,23-24H,2-4,16H2,1H3,(H,21,25)(H2,17,18,19)/t7-,8+,9+,11+,15+/m0/s1. The van der Waals surface area contributed by atoms with Crippen LogP contribution in [-0.2, 0) is 9.53 Å². The van der Waals surface area contributed by atoms with Crippen molar-refractivity contribution in [1.29, 1.82) is 0 Å². The van der Waals surface area contributed by atoms with Crippen LogP contribution in [0.3, 0.4) is 0 Å². The van der Waals surface area contributed by atoms with Gasteiger partial charge in [-0.3, -0.25) is 9.36 Å². The molecule has 142 valence electrons. The van der Waals surface area contributed by atoms with Crippen molar-refractivity contribution in [2.45, 2.75) is 50.3 Å². The molecule has 1 aliphatic heterocycles. The molecule has 3 heterocycles. The van der Waals surface area contributed by atoms with Gasteiger partial charge in [-0.2, -0.15) is 0 Å². The summed E-state index contributed by atoms with van der Waals surface area (Å²) in [7, 11) is 0. The largest absolute Gasteiger partial charge is 0.394 e. The average Bonchev–Trinajstić information content (AvgIpc) is 3.18. The highest BCUT2D eigenvalue weighted by Crippen LogP contribution is 2.32. The van der Waals surface area contributed by atoms with Gasteiger partial charge in [-0.15, -0.1) is 0 Å². The SMILES string of the molecule is CCC[C@H](N)C(=O)N[C@@H]1[C@H](O)[C@@H](CO)O[C@H]1n1cnc2c(N)ncnc21. The Morgan fingerprint density at radius 2 is 2.23 bits per heavy atom. The fourth-order valence-electron chi connectivity index (χ4n) is 3.06. The fourth-order valence-corrected chi connectivity index (χ4v) is 3.06. The first-order valence-corrected chi connectivity index (χ1v) is 8.41. The molecule has 11 nitrogen and oxygen atoms in total. The average molecular weight is 365 g/mol. The van der Waals surface area contributed by atoms with Gasteiger partial charge in [0.1, 0.15) is 30.1 Å². The van der Waals surface area contributed by atoms with E-state index in [1.54, 1.807) is 4.57 Å². The van der Waals surface area contributed by atoms with Crippen molar-refractivity contribution in [2.24, 2.45) is 5.73 Å². The summed E-state index contributed by atoms with van der Waals surface area (Å²) in [6.07, 6.45) is 1.17. The summed E-state index contributed by atoms with van der Waals surface area (Å²) < 4.78 is 7.28. The van der Waals surface area contributed by atoms with E-state index >= 15 is 0 Å². The second kappa shape index (κ2) is 7.50. The van der Waals surface area contributed by atoms with Gasteiger partial charge < -0.3 is 31.7 Å². The Hall–Kier alpha value is -2.34. The molecule has 1 fully saturated rings. The minimum absolute atomic E-state index is 0.205. The molecule has 11 heteroatoms. The topological polar surface area (TPSA) is 174 Å². The quantitative estimate of drug-likeness (QED) is 0.398. The summed E-state index contributed by atoms with van der Waals surface area (Å²) in [6.45, 7) is 1.52. The molecule has 0 aromatic carbocycles. The van der Waals surface area contributed by atoms with E-state index < -0.39 is 43.0 Å². The maximum atomic E-state index is 12.3. The number of anilines is 1. The lowest BCUT2D eigenvalue weighted by molar-refractivity contribution is -0.124. The molecule has 1 saturated heterocycles. The summed E-state index contributed by atoms with van der Waals surface area (Å²) in [6, 6.07) is -1.53. The lowest BCUT2D eigenvalue weighted by Gasteiger charge is -2.24. The molecule has 2 aromatic rings. The normalized spacial score (nSPS) is 26.9. The van der Waals surface area contributed by atoms with Crippen LogP contribution in [-0.4, -0.2) is 66.5 Å². The lowest BCUT2D eigenvalue weighted by atomic mass is 10.1. The van der Waals surface area contributed by atoms with Gasteiger partial charge in [0.15, 0.2) is 17.7 Å². The Kier molecular flexibility index (Phi) is 5.32. The minimum Gasteiger partial charge on any atom is -0.394 e. The number of aliphatic hydroxyl groups is 2. The molecular formula is C15H23N7O4. The monoisotopic (exact) mass is 365 g/mol. The van der Waals surface area contributed by atoms with Crippen molar-refractivity contribution in [3.05, 3.63) is 12.7 Å². The molecular weight excluding hydrogens is 342 g/mol. The van der Waals surface area contributed by atoms with Crippen molar-refractivity contribution in [1.82, 2.24) is 24.8 Å². The second-order valence-electron chi connectivity index (χ2n) is 6.25. The maximum Gasteiger partial charge on any atom is 0.237 e. The Labute approximate surface area is 149 Å². The Morgan fingerprint density at radius 1 is 1.46 bits per heavy atom. The van der Waals surface area contributed by atoms with Crippen LogP contribution in [0.15, 0.2) is 12.7 Å². The fraction of sp³-hybridized carbons (Fsp3) is 0.600. The number of amides is 1. The predicted molar refractivity (Wildman–Crippen MR) is 91.6 cm³/mol. The summed E-state index contributed by atoms with van der Waals surface area (Å²) in [5.74, 6) is -0.196. The number of aromatic nitrogens is 4. The van der Waals surface area contributed by atoms with Crippen LogP contribution in [0.4, 0.5) is 5.82 Å². The molecule has 0 radical (unpaired) electrons. The van der Waals surface area contributed by atoms with E-state index in [4.69, 9.17) is 16.2 Å². The molecule has 3 rings (SSSR count). The van der Waals surface area contributed by atoms with Gasteiger partial charge in [0.2, 0.25) is 5.91 Å². The van der Waals surface area contributed by atoms with E-state index in [1.165, 1.54) is 12.7 Å². The molecule has 0 saturated carbocycles. The Morgan fingerprint density at radius 3 is 2.92 bits per heavy atom. The lowest BCUT2D eigenvalue weighted by Crippen LogP contribution is -2.51. The maximum absolute atomic E-state index is 12.3. The van der Waals surface area contributed by atoms with Crippen LogP contribution in [0.2, 0.25) is 0 Å². The van der Waals surface area contributed by atoms with Crippen molar-refractivity contribution < 1.29 is 19.7 Å². The zero-order valence-corrected chi connectivity index (χ0v) is 14.3. The number of nitrogens with zero attached hydrogens (tertiary/aromatic N) is 4. The number of nitrogens with one attached hydrogen (secondary N) is 1. The highest BCUT2D eigenvalue weighted by atomic mass is 16.5. The molecule has 0 unspecified atom stereocenters. The first-order valence-electron chi connectivity index (χ1n) is 8.41. The molecule has 26 heavy (non-hydrogen) atoms. The van der Waals surface area contributed by atoms with Crippen molar-refractivity contribution in [3.8, 4) is 0 Å². The molecule has 7 N–H and O–H groups in total. The van der Waals surface area contributed by atoms with Crippen molar-refractivity contribution in [3.63, 3.8) is 0 Å². The first-order chi connectivity index (χ1) is 12.5. The Bertz CT molecular complexity index is 782. The van der Waals surface area contributed by atoms with E-state index in [0.29, 0.717) is 17.6 Å². The van der Waals surface area contributed by atoms with Gasteiger partial charge in [0.25, 0.3) is 0 Å². The van der Waals surface area contributed by atoms with E-state index in [-0.39, 0.29) is 5.82 Å².